The standard InChI is InChI=1S/C14H15BrClN3O/c1-8-12(16)5-4-6-13(8)18-14(20)10(3)19-9(2)11(15)7-17-19/h4-7,10H,1-3H3,(H,18,20). The van der Waals surface area contributed by atoms with Crippen molar-refractivity contribution in [2.75, 3.05) is 5.32 Å². The SMILES string of the molecule is Cc1c(Cl)cccc1NC(=O)C(C)n1ncc(Br)c1C. The van der Waals surface area contributed by atoms with E-state index in [-0.39, 0.29) is 5.91 Å². The minimum absolute atomic E-state index is 0.130. The maximum atomic E-state index is 12.3. The van der Waals surface area contributed by atoms with Crippen LogP contribution in [0.4, 0.5) is 5.69 Å². The van der Waals surface area contributed by atoms with E-state index in [2.05, 4.69) is 26.3 Å². The van der Waals surface area contributed by atoms with Gasteiger partial charge in [-0.3, -0.25) is 9.48 Å². The first-order valence-corrected chi connectivity index (χ1v) is 7.34. The zero-order chi connectivity index (χ0) is 14.9. The maximum Gasteiger partial charge on any atom is 0.248 e. The lowest BCUT2D eigenvalue weighted by Gasteiger charge is -2.16. The highest BCUT2D eigenvalue weighted by atomic mass is 79.9. The molecule has 0 fully saturated rings. The van der Waals surface area contributed by atoms with E-state index in [0.29, 0.717) is 5.02 Å². The van der Waals surface area contributed by atoms with Crippen molar-refractivity contribution in [3.05, 3.63) is 45.1 Å². The number of carbonyl (C=O) groups is 1. The molecule has 0 spiro atoms. The van der Waals surface area contributed by atoms with Gasteiger partial charge < -0.3 is 5.32 Å². The van der Waals surface area contributed by atoms with Crippen LogP contribution in [0.1, 0.15) is 24.2 Å². The van der Waals surface area contributed by atoms with Crippen LogP contribution < -0.4 is 5.32 Å². The largest absolute Gasteiger partial charge is 0.324 e. The van der Waals surface area contributed by atoms with Crippen molar-refractivity contribution >= 4 is 39.1 Å². The Morgan fingerprint density at radius 1 is 1.45 bits per heavy atom. The van der Waals surface area contributed by atoms with Crippen LogP contribution in [0.15, 0.2) is 28.9 Å². The van der Waals surface area contributed by atoms with Gasteiger partial charge in [-0.25, -0.2) is 0 Å². The van der Waals surface area contributed by atoms with Gasteiger partial charge in [0.1, 0.15) is 6.04 Å². The molecular formula is C14H15BrClN3O. The lowest BCUT2D eigenvalue weighted by Crippen LogP contribution is -2.25. The number of benzene rings is 1. The van der Waals surface area contributed by atoms with Crippen LogP contribution in [-0.4, -0.2) is 15.7 Å². The summed E-state index contributed by atoms with van der Waals surface area (Å²) in [7, 11) is 0. The number of amides is 1. The molecule has 106 valence electrons. The maximum absolute atomic E-state index is 12.3. The summed E-state index contributed by atoms with van der Waals surface area (Å²) in [5.41, 5.74) is 2.49. The summed E-state index contributed by atoms with van der Waals surface area (Å²) in [6.07, 6.45) is 1.68. The second-order valence-electron chi connectivity index (χ2n) is 4.60. The smallest absolute Gasteiger partial charge is 0.248 e. The number of rotatable bonds is 3. The lowest BCUT2D eigenvalue weighted by atomic mass is 10.2. The fraction of sp³-hybridized carbons (Fsp3) is 0.286. The fourth-order valence-electron chi connectivity index (χ4n) is 1.88. The first-order chi connectivity index (χ1) is 9.41. The zero-order valence-corrected chi connectivity index (χ0v) is 13.8. The molecule has 0 aliphatic carbocycles. The molecular weight excluding hydrogens is 342 g/mol. The van der Waals surface area contributed by atoms with E-state index < -0.39 is 6.04 Å². The highest BCUT2D eigenvalue weighted by Crippen LogP contribution is 2.24. The molecule has 0 aliphatic heterocycles. The van der Waals surface area contributed by atoms with E-state index >= 15 is 0 Å². The van der Waals surface area contributed by atoms with Crippen LogP contribution >= 0.6 is 27.5 Å². The second-order valence-corrected chi connectivity index (χ2v) is 5.86. The Morgan fingerprint density at radius 2 is 2.15 bits per heavy atom. The number of anilines is 1. The van der Waals surface area contributed by atoms with Crippen molar-refractivity contribution in [1.82, 2.24) is 9.78 Å². The topological polar surface area (TPSA) is 46.9 Å². The van der Waals surface area contributed by atoms with Crippen LogP contribution in [0.3, 0.4) is 0 Å². The predicted molar refractivity (Wildman–Crippen MR) is 84.2 cm³/mol. The molecule has 0 bridgehead atoms. The Bertz CT molecular complexity index is 654. The summed E-state index contributed by atoms with van der Waals surface area (Å²) >= 11 is 9.44. The molecule has 0 saturated heterocycles. The van der Waals surface area contributed by atoms with E-state index in [1.165, 1.54) is 0 Å². The summed E-state index contributed by atoms with van der Waals surface area (Å²) in [6, 6.07) is 5.04. The average molecular weight is 357 g/mol. The quantitative estimate of drug-likeness (QED) is 0.899. The summed E-state index contributed by atoms with van der Waals surface area (Å²) in [5, 5.41) is 7.72. The van der Waals surface area contributed by atoms with Gasteiger partial charge in [0, 0.05) is 10.7 Å². The van der Waals surface area contributed by atoms with Crippen LogP contribution in [-0.2, 0) is 4.79 Å². The van der Waals surface area contributed by atoms with E-state index in [0.717, 1.165) is 21.4 Å². The van der Waals surface area contributed by atoms with Gasteiger partial charge in [0.2, 0.25) is 5.91 Å². The first kappa shape index (κ1) is 15.1. The summed E-state index contributed by atoms with van der Waals surface area (Å²) < 4.78 is 2.57. The molecule has 1 amide bonds. The van der Waals surface area contributed by atoms with Gasteiger partial charge in [-0.1, -0.05) is 17.7 Å². The Morgan fingerprint density at radius 3 is 2.75 bits per heavy atom. The van der Waals surface area contributed by atoms with Crippen molar-refractivity contribution < 1.29 is 4.79 Å². The molecule has 6 heteroatoms. The third kappa shape index (κ3) is 2.88. The Balaban J connectivity index is 2.20. The van der Waals surface area contributed by atoms with Crippen molar-refractivity contribution in [2.45, 2.75) is 26.8 Å². The highest BCUT2D eigenvalue weighted by molar-refractivity contribution is 9.10. The zero-order valence-electron chi connectivity index (χ0n) is 11.4. The number of halogens is 2. The Labute approximate surface area is 131 Å². The van der Waals surface area contributed by atoms with Gasteiger partial charge in [0.15, 0.2) is 0 Å². The van der Waals surface area contributed by atoms with E-state index in [1.54, 1.807) is 16.9 Å². The van der Waals surface area contributed by atoms with Crippen LogP contribution in [0.2, 0.25) is 5.02 Å². The van der Waals surface area contributed by atoms with E-state index in [9.17, 15) is 4.79 Å². The third-order valence-electron chi connectivity index (χ3n) is 3.26. The van der Waals surface area contributed by atoms with Gasteiger partial charge in [-0.05, 0) is 54.4 Å². The Hall–Kier alpha value is -1.33. The normalized spacial score (nSPS) is 12.2. The molecule has 1 unspecified atom stereocenters. The van der Waals surface area contributed by atoms with E-state index in [4.69, 9.17) is 11.6 Å². The molecule has 1 N–H and O–H groups in total. The minimum Gasteiger partial charge on any atom is -0.324 e. The number of aromatic nitrogens is 2. The van der Waals surface area contributed by atoms with Crippen LogP contribution in [0.5, 0.6) is 0 Å². The predicted octanol–water partition coefficient (Wildman–Crippen LogP) is 4.12. The molecule has 4 nitrogen and oxygen atoms in total. The molecule has 1 aromatic carbocycles. The van der Waals surface area contributed by atoms with Gasteiger partial charge in [0.05, 0.1) is 16.4 Å². The van der Waals surface area contributed by atoms with Gasteiger partial charge >= 0.3 is 0 Å². The molecule has 0 saturated carbocycles. The molecule has 20 heavy (non-hydrogen) atoms. The number of hydrogen-bond acceptors (Lipinski definition) is 2. The number of carbonyl (C=O) groups excluding carboxylic acids is 1. The summed E-state index contributed by atoms with van der Waals surface area (Å²) in [5.74, 6) is -0.130. The molecule has 1 heterocycles. The minimum atomic E-state index is -0.403. The van der Waals surface area contributed by atoms with E-state index in [1.807, 2.05) is 32.9 Å². The van der Waals surface area contributed by atoms with Gasteiger partial charge in [0.25, 0.3) is 0 Å². The monoisotopic (exact) mass is 355 g/mol. The lowest BCUT2D eigenvalue weighted by molar-refractivity contribution is -0.119. The number of nitrogens with one attached hydrogen (secondary N) is 1. The molecule has 0 aliphatic rings. The van der Waals surface area contributed by atoms with Crippen molar-refractivity contribution in [3.63, 3.8) is 0 Å². The highest BCUT2D eigenvalue weighted by Gasteiger charge is 2.19. The van der Waals surface area contributed by atoms with Crippen molar-refractivity contribution in [3.8, 4) is 0 Å². The Kier molecular flexibility index (Phi) is 4.50. The van der Waals surface area contributed by atoms with Crippen LogP contribution in [0.25, 0.3) is 0 Å². The van der Waals surface area contributed by atoms with Crippen molar-refractivity contribution in [1.29, 1.82) is 0 Å². The molecule has 2 aromatic rings. The summed E-state index contributed by atoms with van der Waals surface area (Å²) in [6.45, 7) is 5.59. The molecule has 1 aromatic heterocycles. The van der Waals surface area contributed by atoms with Gasteiger partial charge in [-0.15, -0.1) is 0 Å². The third-order valence-corrected chi connectivity index (χ3v) is 4.44. The first-order valence-electron chi connectivity index (χ1n) is 6.17. The average Bonchev–Trinajstić information content (AvgIpc) is 2.74. The number of hydrogen-bond donors (Lipinski definition) is 1. The molecule has 0 radical (unpaired) electrons. The number of nitrogens with zero attached hydrogens (tertiary/aromatic N) is 2. The fourth-order valence-corrected chi connectivity index (χ4v) is 2.33. The van der Waals surface area contributed by atoms with Gasteiger partial charge in [-0.2, -0.15) is 5.10 Å². The summed E-state index contributed by atoms with van der Waals surface area (Å²) in [4.78, 5) is 12.3. The molecule has 2 rings (SSSR count). The molecule has 1 atom stereocenters. The van der Waals surface area contributed by atoms with Crippen molar-refractivity contribution in [2.24, 2.45) is 0 Å². The second kappa shape index (κ2) is 5.97. The van der Waals surface area contributed by atoms with Crippen LogP contribution in [0, 0.1) is 13.8 Å².